The molecular weight excluding hydrogens is 418 g/mol. The highest BCUT2D eigenvalue weighted by molar-refractivity contribution is 7.21. The largest absolute Gasteiger partial charge is 0.478 e. The fourth-order valence-corrected chi connectivity index (χ4v) is 5.18. The number of carboxylic acid groups (broad SMARTS) is 1. The standard InChI is InChI=1S/C22H13N3O3S2/c26-20(18-10-13-3-1-2-4-17(13)30-18)25-21-19(22(27)28)14(11-29-21)12-5-6-15-16(9-12)24-8-7-23-15/h1-11H,(H,25,26)(H,27,28). The number of carbonyl (C=O) groups is 2. The number of carbonyl (C=O) groups excluding carboxylic acids is 1. The number of amides is 1. The number of aromatic carboxylic acids is 1. The van der Waals surface area contributed by atoms with Crippen LogP contribution in [0.2, 0.25) is 0 Å². The highest BCUT2D eigenvalue weighted by atomic mass is 32.1. The SMILES string of the molecule is O=C(Nc1scc(-c2ccc3nccnc3c2)c1C(=O)O)c1cc2ccccc2s1. The Morgan fingerprint density at radius 1 is 0.967 bits per heavy atom. The van der Waals surface area contributed by atoms with Crippen LogP contribution in [0.5, 0.6) is 0 Å². The molecule has 3 aromatic heterocycles. The normalized spacial score (nSPS) is 11.1. The Bertz CT molecular complexity index is 1410. The van der Waals surface area contributed by atoms with Crippen LogP contribution in [0, 0.1) is 0 Å². The van der Waals surface area contributed by atoms with E-state index in [1.54, 1.807) is 29.9 Å². The van der Waals surface area contributed by atoms with Crippen molar-refractivity contribution in [3.05, 3.63) is 76.7 Å². The van der Waals surface area contributed by atoms with Crippen molar-refractivity contribution in [1.82, 2.24) is 9.97 Å². The first-order valence-corrected chi connectivity index (χ1v) is 10.7. The summed E-state index contributed by atoms with van der Waals surface area (Å²) in [5.41, 5.74) is 2.71. The lowest BCUT2D eigenvalue weighted by Crippen LogP contribution is -2.12. The molecular formula is C22H13N3O3S2. The van der Waals surface area contributed by atoms with Crippen molar-refractivity contribution < 1.29 is 14.7 Å². The smallest absolute Gasteiger partial charge is 0.339 e. The van der Waals surface area contributed by atoms with Crippen molar-refractivity contribution in [2.24, 2.45) is 0 Å². The topological polar surface area (TPSA) is 92.2 Å². The fourth-order valence-electron chi connectivity index (χ4n) is 3.26. The van der Waals surface area contributed by atoms with E-state index in [9.17, 15) is 14.7 Å². The highest BCUT2D eigenvalue weighted by Crippen LogP contribution is 2.37. The van der Waals surface area contributed by atoms with Gasteiger partial charge in [-0.25, -0.2) is 4.79 Å². The number of nitrogens with one attached hydrogen (secondary N) is 1. The van der Waals surface area contributed by atoms with Crippen LogP contribution in [-0.2, 0) is 0 Å². The quantitative estimate of drug-likeness (QED) is 0.391. The van der Waals surface area contributed by atoms with Crippen molar-refractivity contribution in [1.29, 1.82) is 0 Å². The van der Waals surface area contributed by atoms with Crippen molar-refractivity contribution >= 4 is 60.7 Å². The minimum absolute atomic E-state index is 0.0673. The molecule has 0 spiro atoms. The molecule has 146 valence electrons. The van der Waals surface area contributed by atoms with Crippen LogP contribution in [-0.4, -0.2) is 27.0 Å². The lowest BCUT2D eigenvalue weighted by molar-refractivity contribution is 0.0699. The maximum Gasteiger partial charge on any atom is 0.339 e. The average molecular weight is 431 g/mol. The van der Waals surface area contributed by atoms with Gasteiger partial charge in [-0.1, -0.05) is 24.3 Å². The molecule has 2 aromatic carbocycles. The molecule has 0 unspecified atom stereocenters. The summed E-state index contributed by atoms with van der Waals surface area (Å²) in [6, 6.07) is 14.9. The van der Waals surface area contributed by atoms with Gasteiger partial charge in [0.05, 0.1) is 15.9 Å². The molecule has 0 fully saturated rings. The number of carboxylic acids is 1. The first-order valence-electron chi connectivity index (χ1n) is 8.96. The number of nitrogens with zero attached hydrogens (tertiary/aromatic N) is 2. The van der Waals surface area contributed by atoms with Gasteiger partial charge in [0.25, 0.3) is 5.91 Å². The summed E-state index contributed by atoms with van der Waals surface area (Å²) in [6.45, 7) is 0. The third kappa shape index (κ3) is 3.22. The van der Waals surface area contributed by atoms with Gasteiger partial charge in [-0.05, 0) is 35.2 Å². The predicted molar refractivity (Wildman–Crippen MR) is 120 cm³/mol. The number of hydrogen-bond acceptors (Lipinski definition) is 6. The third-order valence-corrected chi connectivity index (χ3v) is 6.67. The zero-order valence-electron chi connectivity index (χ0n) is 15.3. The molecule has 0 aliphatic rings. The minimum atomic E-state index is -1.10. The third-order valence-electron chi connectivity index (χ3n) is 4.66. The Hall–Kier alpha value is -3.62. The summed E-state index contributed by atoms with van der Waals surface area (Å²) in [4.78, 5) is 33.9. The first kappa shape index (κ1) is 18.4. The number of anilines is 1. The van der Waals surface area contributed by atoms with Crippen LogP contribution in [0.15, 0.2) is 66.3 Å². The van der Waals surface area contributed by atoms with E-state index in [0.717, 1.165) is 15.6 Å². The van der Waals surface area contributed by atoms with Gasteiger partial charge in [0.2, 0.25) is 0 Å². The summed E-state index contributed by atoms with van der Waals surface area (Å²) in [5.74, 6) is -1.42. The van der Waals surface area contributed by atoms with Gasteiger partial charge < -0.3 is 10.4 Å². The van der Waals surface area contributed by atoms with Crippen LogP contribution in [0.1, 0.15) is 20.0 Å². The molecule has 5 aromatic rings. The second-order valence-corrected chi connectivity index (χ2v) is 8.48. The van der Waals surface area contributed by atoms with E-state index in [1.807, 2.05) is 36.4 Å². The monoisotopic (exact) mass is 431 g/mol. The van der Waals surface area contributed by atoms with Crippen molar-refractivity contribution in [2.75, 3.05) is 5.32 Å². The molecule has 0 bridgehead atoms. The van der Waals surface area contributed by atoms with Crippen LogP contribution in [0.3, 0.4) is 0 Å². The summed E-state index contributed by atoms with van der Waals surface area (Å²) in [6.07, 6.45) is 3.20. The second kappa shape index (κ2) is 7.33. The summed E-state index contributed by atoms with van der Waals surface area (Å²) in [5, 5.41) is 15.6. The molecule has 2 N–H and O–H groups in total. The first-order chi connectivity index (χ1) is 14.6. The van der Waals surface area contributed by atoms with Crippen LogP contribution in [0.25, 0.3) is 32.2 Å². The average Bonchev–Trinajstić information content (AvgIpc) is 3.37. The number of aromatic nitrogens is 2. The van der Waals surface area contributed by atoms with Crippen molar-refractivity contribution in [3.8, 4) is 11.1 Å². The molecule has 1 amide bonds. The molecule has 0 saturated carbocycles. The Balaban J connectivity index is 1.52. The Morgan fingerprint density at radius 3 is 2.57 bits per heavy atom. The van der Waals surface area contributed by atoms with Gasteiger partial charge in [0.1, 0.15) is 10.6 Å². The van der Waals surface area contributed by atoms with E-state index in [2.05, 4.69) is 15.3 Å². The molecule has 0 radical (unpaired) electrons. The number of benzene rings is 2. The van der Waals surface area contributed by atoms with Gasteiger partial charge in [-0.2, -0.15) is 0 Å². The predicted octanol–water partition coefficient (Wildman–Crippen LogP) is 5.52. The maximum atomic E-state index is 12.8. The number of hydrogen-bond donors (Lipinski definition) is 2. The lowest BCUT2D eigenvalue weighted by atomic mass is 10.0. The molecule has 3 heterocycles. The number of thiophene rings is 2. The van der Waals surface area contributed by atoms with E-state index in [1.165, 1.54) is 22.7 Å². The van der Waals surface area contributed by atoms with Gasteiger partial charge in [0.15, 0.2) is 0 Å². The van der Waals surface area contributed by atoms with E-state index in [4.69, 9.17) is 0 Å². The van der Waals surface area contributed by atoms with Crippen molar-refractivity contribution in [3.63, 3.8) is 0 Å². The lowest BCUT2D eigenvalue weighted by Gasteiger charge is -2.06. The molecule has 0 aliphatic carbocycles. The molecule has 8 heteroatoms. The second-order valence-electron chi connectivity index (χ2n) is 6.52. The zero-order chi connectivity index (χ0) is 20.7. The van der Waals surface area contributed by atoms with Gasteiger partial charge in [-0.3, -0.25) is 14.8 Å². The molecule has 30 heavy (non-hydrogen) atoms. The van der Waals surface area contributed by atoms with E-state index in [0.29, 0.717) is 26.5 Å². The summed E-state index contributed by atoms with van der Waals surface area (Å²) in [7, 11) is 0. The van der Waals surface area contributed by atoms with E-state index < -0.39 is 5.97 Å². The Labute approximate surface area is 178 Å². The van der Waals surface area contributed by atoms with Gasteiger partial charge in [-0.15, -0.1) is 22.7 Å². The summed E-state index contributed by atoms with van der Waals surface area (Å²) < 4.78 is 1.00. The van der Waals surface area contributed by atoms with Gasteiger partial charge in [0, 0.05) is 28.0 Å². The minimum Gasteiger partial charge on any atom is -0.478 e. The summed E-state index contributed by atoms with van der Waals surface area (Å²) >= 11 is 2.56. The fraction of sp³-hybridized carbons (Fsp3) is 0. The molecule has 0 atom stereocenters. The van der Waals surface area contributed by atoms with Crippen LogP contribution >= 0.6 is 22.7 Å². The van der Waals surface area contributed by atoms with Crippen LogP contribution in [0.4, 0.5) is 5.00 Å². The molecule has 0 aliphatic heterocycles. The Kier molecular flexibility index (Phi) is 4.50. The molecule has 5 rings (SSSR count). The van der Waals surface area contributed by atoms with Crippen molar-refractivity contribution in [2.45, 2.75) is 0 Å². The molecule has 6 nitrogen and oxygen atoms in total. The number of rotatable bonds is 4. The Morgan fingerprint density at radius 2 is 1.77 bits per heavy atom. The van der Waals surface area contributed by atoms with E-state index >= 15 is 0 Å². The zero-order valence-corrected chi connectivity index (χ0v) is 17.0. The molecule has 0 saturated heterocycles. The van der Waals surface area contributed by atoms with E-state index in [-0.39, 0.29) is 11.5 Å². The van der Waals surface area contributed by atoms with Crippen LogP contribution < -0.4 is 5.32 Å². The highest BCUT2D eigenvalue weighted by Gasteiger charge is 2.22. The van der Waals surface area contributed by atoms with Gasteiger partial charge >= 0.3 is 5.97 Å². The number of fused-ring (bicyclic) bond motifs is 2. The maximum absolute atomic E-state index is 12.8.